The summed E-state index contributed by atoms with van der Waals surface area (Å²) in [6.07, 6.45) is 1.43. The van der Waals surface area contributed by atoms with E-state index in [1.807, 2.05) is 6.92 Å². The molecule has 1 saturated heterocycles. The second-order valence-electron chi connectivity index (χ2n) is 5.07. The van der Waals surface area contributed by atoms with E-state index in [0.717, 1.165) is 30.2 Å². The molecule has 3 unspecified atom stereocenters. The molecule has 0 spiro atoms. The zero-order valence-electron chi connectivity index (χ0n) is 11.4. The smallest absolute Gasteiger partial charge is 0.0594 e. The standard InChI is InChI=1S/C15H22ClNO/c1-4-17-15(13-7-8-18-11(13)3)12-6-5-10(2)14(16)9-12/h5-6,9,11,13,15,17H,4,7-8H2,1-3H3. The molecule has 18 heavy (non-hydrogen) atoms. The average Bonchev–Trinajstić information content (AvgIpc) is 2.76. The first-order valence-corrected chi connectivity index (χ1v) is 7.12. The van der Waals surface area contributed by atoms with Gasteiger partial charge < -0.3 is 10.1 Å². The quantitative estimate of drug-likeness (QED) is 0.898. The van der Waals surface area contributed by atoms with Crippen molar-refractivity contribution in [2.24, 2.45) is 5.92 Å². The molecule has 1 fully saturated rings. The number of rotatable bonds is 4. The lowest BCUT2D eigenvalue weighted by Crippen LogP contribution is -2.31. The molecule has 0 aliphatic carbocycles. The molecule has 1 aliphatic rings. The molecule has 0 radical (unpaired) electrons. The average molecular weight is 268 g/mol. The van der Waals surface area contributed by atoms with E-state index in [4.69, 9.17) is 16.3 Å². The lowest BCUT2D eigenvalue weighted by Gasteiger charge is -2.27. The van der Waals surface area contributed by atoms with E-state index < -0.39 is 0 Å². The SMILES string of the molecule is CCNC(c1ccc(C)c(Cl)c1)C1CCOC1C. The predicted molar refractivity (Wildman–Crippen MR) is 76.1 cm³/mol. The summed E-state index contributed by atoms with van der Waals surface area (Å²) < 4.78 is 5.70. The zero-order valence-corrected chi connectivity index (χ0v) is 12.1. The lowest BCUT2D eigenvalue weighted by atomic mass is 9.88. The third-order valence-electron chi connectivity index (χ3n) is 3.84. The van der Waals surface area contributed by atoms with Crippen molar-refractivity contribution in [2.75, 3.05) is 13.2 Å². The van der Waals surface area contributed by atoms with Crippen LogP contribution in [0.2, 0.25) is 5.02 Å². The van der Waals surface area contributed by atoms with Crippen molar-refractivity contribution in [1.82, 2.24) is 5.32 Å². The second kappa shape index (κ2) is 6.05. The van der Waals surface area contributed by atoms with Crippen LogP contribution in [0.25, 0.3) is 0 Å². The van der Waals surface area contributed by atoms with Crippen LogP contribution in [0.3, 0.4) is 0 Å². The van der Waals surface area contributed by atoms with Gasteiger partial charge in [0.25, 0.3) is 0 Å². The van der Waals surface area contributed by atoms with Crippen LogP contribution in [0.15, 0.2) is 18.2 Å². The van der Waals surface area contributed by atoms with Crippen molar-refractivity contribution in [3.63, 3.8) is 0 Å². The summed E-state index contributed by atoms with van der Waals surface area (Å²) in [6, 6.07) is 6.71. The first-order valence-electron chi connectivity index (χ1n) is 6.74. The van der Waals surface area contributed by atoms with Crippen molar-refractivity contribution in [2.45, 2.75) is 39.3 Å². The summed E-state index contributed by atoms with van der Waals surface area (Å²) in [6.45, 7) is 8.17. The van der Waals surface area contributed by atoms with Gasteiger partial charge in [-0.1, -0.05) is 30.7 Å². The topological polar surface area (TPSA) is 21.3 Å². The van der Waals surface area contributed by atoms with Crippen molar-refractivity contribution >= 4 is 11.6 Å². The van der Waals surface area contributed by atoms with Crippen molar-refractivity contribution < 1.29 is 4.74 Å². The Morgan fingerprint density at radius 2 is 2.28 bits per heavy atom. The summed E-state index contributed by atoms with van der Waals surface area (Å²) in [7, 11) is 0. The number of ether oxygens (including phenoxy) is 1. The molecule has 1 heterocycles. The number of hydrogen-bond acceptors (Lipinski definition) is 2. The van der Waals surface area contributed by atoms with Gasteiger partial charge in [-0.15, -0.1) is 0 Å². The molecular formula is C15H22ClNO. The van der Waals surface area contributed by atoms with E-state index in [9.17, 15) is 0 Å². The predicted octanol–water partition coefficient (Wildman–Crippen LogP) is 3.72. The Labute approximate surface area is 115 Å². The first-order chi connectivity index (χ1) is 8.63. The van der Waals surface area contributed by atoms with E-state index in [1.54, 1.807) is 0 Å². The van der Waals surface area contributed by atoms with Crippen molar-refractivity contribution in [3.8, 4) is 0 Å². The van der Waals surface area contributed by atoms with Gasteiger partial charge in [0.05, 0.1) is 6.10 Å². The van der Waals surface area contributed by atoms with E-state index in [0.29, 0.717) is 18.1 Å². The van der Waals surface area contributed by atoms with Gasteiger partial charge in [-0.2, -0.15) is 0 Å². The van der Waals surface area contributed by atoms with Gasteiger partial charge in [-0.3, -0.25) is 0 Å². The minimum Gasteiger partial charge on any atom is -0.378 e. The van der Waals surface area contributed by atoms with Gasteiger partial charge in [0.15, 0.2) is 0 Å². The van der Waals surface area contributed by atoms with Gasteiger partial charge >= 0.3 is 0 Å². The molecule has 2 nitrogen and oxygen atoms in total. The maximum atomic E-state index is 6.24. The number of aryl methyl sites for hydroxylation is 1. The molecule has 1 N–H and O–H groups in total. The highest BCUT2D eigenvalue weighted by atomic mass is 35.5. The Balaban J connectivity index is 2.25. The van der Waals surface area contributed by atoms with Gasteiger partial charge in [0, 0.05) is 23.6 Å². The fourth-order valence-corrected chi connectivity index (χ4v) is 2.91. The Bertz CT molecular complexity index is 407. The third kappa shape index (κ3) is 2.87. The van der Waals surface area contributed by atoms with Crippen LogP contribution < -0.4 is 5.32 Å². The molecular weight excluding hydrogens is 246 g/mol. The molecule has 1 aliphatic heterocycles. The summed E-state index contributed by atoms with van der Waals surface area (Å²) in [5, 5.41) is 4.43. The van der Waals surface area contributed by atoms with Crippen molar-refractivity contribution in [1.29, 1.82) is 0 Å². The lowest BCUT2D eigenvalue weighted by molar-refractivity contribution is 0.0956. The van der Waals surface area contributed by atoms with Gasteiger partial charge in [-0.25, -0.2) is 0 Å². The second-order valence-corrected chi connectivity index (χ2v) is 5.48. The number of benzene rings is 1. The molecule has 0 aromatic heterocycles. The Morgan fingerprint density at radius 1 is 1.50 bits per heavy atom. The molecule has 3 heteroatoms. The molecule has 1 aromatic carbocycles. The van der Waals surface area contributed by atoms with Crippen LogP contribution in [0, 0.1) is 12.8 Å². The van der Waals surface area contributed by atoms with Crippen LogP contribution in [-0.4, -0.2) is 19.3 Å². The Hall–Kier alpha value is -0.570. The van der Waals surface area contributed by atoms with Gasteiger partial charge in [0.2, 0.25) is 0 Å². The fourth-order valence-electron chi connectivity index (χ4n) is 2.72. The van der Waals surface area contributed by atoms with Crippen molar-refractivity contribution in [3.05, 3.63) is 34.3 Å². The molecule has 1 aromatic rings. The van der Waals surface area contributed by atoms with Gasteiger partial charge in [-0.05, 0) is 44.0 Å². The highest BCUT2D eigenvalue weighted by Crippen LogP contribution is 2.34. The summed E-state index contributed by atoms with van der Waals surface area (Å²) in [5.74, 6) is 0.531. The Kier molecular flexibility index (Phi) is 4.66. The van der Waals surface area contributed by atoms with E-state index in [2.05, 4.69) is 37.4 Å². The fraction of sp³-hybridized carbons (Fsp3) is 0.600. The maximum Gasteiger partial charge on any atom is 0.0594 e. The van der Waals surface area contributed by atoms with Crippen LogP contribution in [0.1, 0.15) is 37.4 Å². The molecule has 0 amide bonds. The molecule has 100 valence electrons. The third-order valence-corrected chi connectivity index (χ3v) is 4.25. The summed E-state index contributed by atoms with van der Waals surface area (Å²) >= 11 is 6.24. The first kappa shape index (κ1) is 13.9. The normalized spacial score (nSPS) is 25.3. The van der Waals surface area contributed by atoms with E-state index >= 15 is 0 Å². The molecule has 0 saturated carbocycles. The van der Waals surface area contributed by atoms with Crippen LogP contribution in [-0.2, 0) is 4.74 Å². The number of nitrogens with one attached hydrogen (secondary N) is 1. The number of hydrogen-bond donors (Lipinski definition) is 1. The molecule has 0 bridgehead atoms. The Morgan fingerprint density at radius 3 is 2.83 bits per heavy atom. The van der Waals surface area contributed by atoms with E-state index in [1.165, 1.54) is 5.56 Å². The molecule has 2 rings (SSSR count). The summed E-state index contributed by atoms with van der Waals surface area (Å²) in [5.41, 5.74) is 2.40. The van der Waals surface area contributed by atoms with Crippen LogP contribution in [0.4, 0.5) is 0 Å². The zero-order chi connectivity index (χ0) is 13.1. The summed E-state index contributed by atoms with van der Waals surface area (Å²) in [4.78, 5) is 0. The van der Waals surface area contributed by atoms with Crippen LogP contribution >= 0.6 is 11.6 Å². The highest BCUT2D eigenvalue weighted by molar-refractivity contribution is 6.31. The number of halogens is 1. The molecule has 3 atom stereocenters. The minimum absolute atomic E-state index is 0.314. The van der Waals surface area contributed by atoms with Gasteiger partial charge in [0.1, 0.15) is 0 Å². The van der Waals surface area contributed by atoms with Crippen LogP contribution in [0.5, 0.6) is 0 Å². The highest BCUT2D eigenvalue weighted by Gasteiger charge is 2.32. The largest absolute Gasteiger partial charge is 0.378 e. The minimum atomic E-state index is 0.314. The monoisotopic (exact) mass is 267 g/mol. The maximum absolute atomic E-state index is 6.24. The van der Waals surface area contributed by atoms with E-state index in [-0.39, 0.29) is 0 Å².